The van der Waals surface area contributed by atoms with Crippen LogP contribution < -0.4 is 0 Å². The van der Waals surface area contributed by atoms with Crippen molar-refractivity contribution in [2.24, 2.45) is 0 Å². The molecule has 0 saturated heterocycles. The molecule has 5 nitrogen and oxygen atoms in total. The summed E-state index contributed by atoms with van der Waals surface area (Å²) in [5, 5.41) is 17.3. The summed E-state index contributed by atoms with van der Waals surface area (Å²) in [6, 6.07) is 8.30. The van der Waals surface area contributed by atoms with Gasteiger partial charge in [-0.05, 0) is 24.3 Å². The number of carbonyl (C=O) groups is 1. The summed E-state index contributed by atoms with van der Waals surface area (Å²) < 4.78 is 0. The van der Waals surface area contributed by atoms with Gasteiger partial charge in [0.25, 0.3) is 0 Å². The lowest BCUT2D eigenvalue weighted by atomic mass is 10.1. The monoisotopic (exact) mass is 225 g/mol. The van der Waals surface area contributed by atoms with Crippen molar-refractivity contribution in [2.75, 3.05) is 0 Å². The molecule has 0 saturated carbocycles. The van der Waals surface area contributed by atoms with E-state index in [9.17, 15) is 4.79 Å². The number of hydrogen-bond donors (Lipinski definition) is 1. The van der Waals surface area contributed by atoms with Gasteiger partial charge in [0, 0.05) is 18.0 Å². The summed E-state index contributed by atoms with van der Waals surface area (Å²) in [5.74, 6) is -1.01. The summed E-state index contributed by atoms with van der Waals surface area (Å²) >= 11 is 0. The van der Waals surface area contributed by atoms with E-state index in [1.807, 2.05) is 6.07 Å². The van der Waals surface area contributed by atoms with Gasteiger partial charge in [0.2, 0.25) is 0 Å². The second kappa shape index (κ2) is 4.41. The normalized spacial score (nSPS) is 9.59. The average Bonchev–Trinajstić information content (AvgIpc) is 2.39. The number of aromatic nitrogens is 2. The second-order valence-corrected chi connectivity index (χ2v) is 3.28. The highest BCUT2D eigenvalue weighted by Crippen LogP contribution is 2.15. The highest BCUT2D eigenvalue weighted by Gasteiger charge is 2.04. The highest BCUT2D eigenvalue weighted by atomic mass is 16.4. The van der Waals surface area contributed by atoms with Crippen LogP contribution in [0, 0.1) is 11.3 Å². The first-order valence-electron chi connectivity index (χ1n) is 4.76. The summed E-state index contributed by atoms with van der Waals surface area (Å²) in [5.41, 5.74) is 1.82. The van der Waals surface area contributed by atoms with Crippen LogP contribution in [0.5, 0.6) is 0 Å². The summed E-state index contributed by atoms with van der Waals surface area (Å²) in [4.78, 5) is 18.6. The standard InChI is InChI=1S/C12H7N3O2/c13-5-10-3-1-8(6-14-10)11-4-2-9(7-15-11)12(16)17/h1-4,6-7H,(H,16,17). The fourth-order valence-corrected chi connectivity index (χ4v) is 1.30. The molecule has 2 aromatic rings. The van der Waals surface area contributed by atoms with Crippen molar-refractivity contribution in [1.82, 2.24) is 9.97 Å². The fourth-order valence-electron chi connectivity index (χ4n) is 1.30. The van der Waals surface area contributed by atoms with Crippen LogP contribution in [0.25, 0.3) is 11.3 Å². The molecule has 0 atom stereocenters. The molecule has 82 valence electrons. The topological polar surface area (TPSA) is 86.9 Å². The highest BCUT2D eigenvalue weighted by molar-refractivity contribution is 5.87. The van der Waals surface area contributed by atoms with Gasteiger partial charge in [0.1, 0.15) is 11.8 Å². The summed E-state index contributed by atoms with van der Waals surface area (Å²) in [7, 11) is 0. The first-order chi connectivity index (χ1) is 8.20. The molecule has 0 bridgehead atoms. The number of hydrogen-bond acceptors (Lipinski definition) is 4. The van der Waals surface area contributed by atoms with Crippen molar-refractivity contribution < 1.29 is 9.90 Å². The summed E-state index contributed by atoms with van der Waals surface area (Å²) in [6.45, 7) is 0. The lowest BCUT2D eigenvalue weighted by Gasteiger charge is -2.00. The van der Waals surface area contributed by atoms with E-state index in [4.69, 9.17) is 10.4 Å². The predicted molar refractivity (Wildman–Crippen MR) is 59.1 cm³/mol. The fraction of sp³-hybridized carbons (Fsp3) is 0. The predicted octanol–water partition coefficient (Wildman–Crippen LogP) is 1.71. The Morgan fingerprint density at radius 3 is 2.47 bits per heavy atom. The average molecular weight is 225 g/mol. The molecule has 0 fully saturated rings. The number of pyridine rings is 2. The third kappa shape index (κ3) is 2.26. The van der Waals surface area contributed by atoms with E-state index >= 15 is 0 Å². The first-order valence-corrected chi connectivity index (χ1v) is 4.76. The van der Waals surface area contributed by atoms with Gasteiger partial charge in [-0.25, -0.2) is 9.78 Å². The van der Waals surface area contributed by atoms with Crippen LogP contribution >= 0.6 is 0 Å². The lowest BCUT2D eigenvalue weighted by Crippen LogP contribution is -1.97. The maximum atomic E-state index is 10.6. The van der Waals surface area contributed by atoms with Gasteiger partial charge in [-0.2, -0.15) is 5.26 Å². The van der Waals surface area contributed by atoms with Crippen LogP contribution in [-0.2, 0) is 0 Å². The molecule has 2 heterocycles. The second-order valence-electron chi connectivity index (χ2n) is 3.28. The van der Waals surface area contributed by atoms with E-state index in [1.165, 1.54) is 18.5 Å². The zero-order valence-corrected chi connectivity index (χ0v) is 8.66. The zero-order valence-electron chi connectivity index (χ0n) is 8.66. The van der Waals surface area contributed by atoms with Crippen molar-refractivity contribution in [1.29, 1.82) is 5.26 Å². The van der Waals surface area contributed by atoms with E-state index in [1.54, 1.807) is 18.2 Å². The number of nitriles is 1. The van der Waals surface area contributed by atoms with E-state index in [2.05, 4.69) is 9.97 Å². The first kappa shape index (κ1) is 10.8. The zero-order chi connectivity index (χ0) is 12.3. The van der Waals surface area contributed by atoms with Crippen LogP contribution in [0.3, 0.4) is 0 Å². The van der Waals surface area contributed by atoms with E-state index in [0.29, 0.717) is 11.4 Å². The molecule has 0 aliphatic heterocycles. The summed E-state index contributed by atoms with van der Waals surface area (Å²) in [6.07, 6.45) is 2.82. The number of rotatable bonds is 2. The smallest absolute Gasteiger partial charge is 0.337 e. The van der Waals surface area contributed by atoms with Crippen molar-refractivity contribution in [3.8, 4) is 17.3 Å². The minimum atomic E-state index is -1.01. The van der Waals surface area contributed by atoms with E-state index in [-0.39, 0.29) is 5.56 Å². The van der Waals surface area contributed by atoms with Crippen LogP contribution in [0.15, 0.2) is 36.7 Å². The SMILES string of the molecule is N#Cc1ccc(-c2ccc(C(=O)O)cn2)cn1. The van der Waals surface area contributed by atoms with Crippen molar-refractivity contribution >= 4 is 5.97 Å². The van der Waals surface area contributed by atoms with Crippen molar-refractivity contribution in [3.05, 3.63) is 47.9 Å². The Labute approximate surface area is 97.0 Å². The van der Waals surface area contributed by atoms with Gasteiger partial charge in [-0.3, -0.25) is 4.98 Å². The van der Waals surface area contributed by atoms with Gasteiger partial charge < -0.3 is 5.11 Å². The van der Waals surface area contributed by atoms with Crippen molar-refractivity contribution in [3.63, 3.8) is 0 Å². The van der Waals surface area contributed by atoms with Crippen LogP contribution in [0.2, 0.25) is 0 Å². The third-order valence-corrected chi connectivity index (χ3v) is 2.18. The van der Waals surface area contributed by atoms with Gasteiger partial charge in [0.15, 0.2) is 0 Å². The molecule has 2 rings (SSSR count). The van der Waals surface area contributed by atoms with E-state index in [0.717, 1.165) is 5.56 Å². The van der Waals surface area contributed by atoms with Crippen LogP contribution in [-0.4, -0.2) is 21.0 Å². The Morgan fingerprint density at radius 2 is 2.00 bits per heavy atom. The molecule has 17 heavy (non-hydrogen) atoms. The van der Waals surface area contributed by atoms with Gasteiger partial charge in [0.05, 0.1) is 11.3 Å². The molecule has 0 unspecified atom stereocenters. The Kier molecular flexibility index (Phi) is 2.79. The Balaban J connectivity index is 2.33. The molecule has 0 radical (unpaired) electrons. The Bertz CT molecular complexity index is 583. The van der Waals surface area contributed by atoms with Crippen molar-refractivity contribution in [2.45, 2.75) is 0 Å². The molecule has 1 N–H and O–H groups in total. The van der Waals surface area contributed by atoms with Gasteiger partial charge >= 0.3 is 5.97 Å². The van der Waals surface area contributed by atoms with Gasteiger partial charge in [-0.1, -0.05) is 0 Å². The molecular weight excluding hydrogens is 218 g/mol. The number of carboxylic acid groups (broad SMARTS) is 1. The lowest BCUT2D eigenvalue weighted by molar-refractivity contribution is 0.0696. The molecule has 2 aromatic heterocycles. The third-order valence-electron chi connectivity index (χ3n) is 2.18. The van der Waals surface area contributed by atoms with Gasteiger partial charge in [-0.15, -0.1) is 0 Å². The van der Waals surface area contributed by atoms with Crippen LogP contribution in [0.4, 0.5) is 0 Å². The maximum absolute atomic E-state index is 10.6. The molecular formula is C12H7N3O2. The number of nitrogens with zero attached hydrogens (tertiary/aromatic N) is 3. The molecule has 5 heteroatoms. The molecule has 0 amide bonds. The maximum Gasteiger partial charge on any atom is 0.337 e. The number of aromatic carboxylic acids is 1. The minimum absolute atomic E-state index is 0.135. The quantitative estimate of drug-likeness (QED) is 0.840. The molecule has 0 spiro atoms. The largest absolute Gasteiger partial charge is 0.478 e. The minimum Gasteiger partial charge on any atom is -0.478 e. The molecule has 0 aliphatic rings. The molecule has 0 aliphatic carbocycles. The molecule has 0 aromatic carbocycles. The Hall–Kier alpha value is -2.74. The van der Waals surface area contributed by atoms with Crippen LogP contribution in [0.1, 0.15) is 16.1 Å². The van der Waals surface area contributed by atoms with E-state index < -0.39 is 5.97 Å². The number of carboxylic acids is 1. The Morgan fingerprint density at radius 1 is 1.18 bits per heavy atom.